The van der Waals surface area contributed by atoms with Crippen LogP contribution in [0.1, 0.15) is 11.1 Å². The fourth-order valence-corrected chi connectivity index (χ4v) is 3.18. The third kappa shape index (κ3) is 3.72. The van der Waals surface area contributed by atoms with Gasteiger partial charge in [-0.15, -0.1) is 0 Å². The maximum atomic E-state index is 13.0. The molecule has 0 bridgehead atoms. The summed E-state index contributed by atoms with van der Waals surface area (Å²) in [6, 6.07) is 10.2. The van der Waals surface area contributed by atoms with E-state index < -0.39 is 11.8 Å². The van der Waals surface area contributed by atoms with Crippen LogP contribution in [-0.4, -0.2) is 31.1 Å². The largest absolute Gasteiger partial charge is 0.493 e. The molecule has 2 amide bonds. The molecule has 1 aliphatic rings. The van der Waals surface area contributed by atoms with E-state index in [-0.39, 0.29) is 10.7 Å². The molecule has 0 aromatic heterocycles. The second kappa shape index (κ2) is 8.00. The Balaban J connectivity index is 2.02. The quantitative estimate of drug-likeness (QED) is 0.469. The first-order valence-corrected chi connectivity index (χ1v) is 9.04. The van der Waals surface area contributed by atoms with E-state index >= 15 is 0 Å². The minimum Gasteiger partial charge on any atom is -0.493 e. The van der Waals surface area contributed by atoms with Gasteiger partial charge in [-0.1, -0.05) is 23.7 Å². The van der Waals surface area contributed by atoms with E-state index in [0.29, 0.717) is 27.8 Å². The average molecular weight is 417 g/mol. The summed E-state index contributed by atoms with van der Waals surface area (Å²) in [5.41, 5.74) is 1.89. The van der Waals surface area contributed by atoms with E-state index in [4.69, 9.17) is 33.3 Å². The topological polar surface area (TPSA) is 67.9 Å². The van der Waals surface area contributed by atoms with E-state index in [2.05, 4.69) is 5.32 Å². The number of carbonyl (C=O) groups excluding carboxylic acids is 2. The fraction of sp³-hybridized carbons (Fsp3) is 0.150. The maximum absolute atomic E-state index is 13.0. The van der Waals surface area contributed by atoms with Crippen molar-refractivity contribution in [2.75, 3.05) is 19.1 Å². The summed E-state index contributed by atoms with van der Waals surface area (Å²) in [4.78, 5) is 26.7. The van der Waals surface area contributed by atoms with E-state index in [0.717, 1.165) is 5.56 Å². The number of amides is 2. The average Bonchev–Trinajstić information content (AvgIpc) is 2.67. The number of ether oxygens (including phenoxy) is 2. The van der Waals surface area contributed by atoms with E-state index in [1.807, 2.05) is 6.92 Å². The Morgan fingerprint density at radius 1 is 1.07 bits per heavy atom. The van der Waals surface area contributed by atoms with Crippen molar-refractivity contribution in [3.63, 3.8) is 0 Å². The van der Waals surface area contributed by atoms with Gasteiger partial charge in [0, 0.05) is 5.02 Å². The van der Waals surface area contributed by atoms with Crippen LogP contribution in [0.15, 0.2) is 42.0 Å². The molecule has 28 heavy (non-hydrogen) atoms. The number of methoxy groups -OCH3 is 2. The zero-order valence-corrected chi connectivity index (χ0v) is 17.0. The van der Waals surface area contributed by atoms with Crippen LogP contribution in [0.4, 0.5) is 5.69 Å². The van der Waals surface area contributed by atoms with Crippen molar-refractivity contribution >= 4 is 52.5 Å². The fourth-order valence-electron chi connectivity index (χ4n) is 2.72. The molecule has 0 radical (unpaired) electrons. The monoisotopic (exact) mass is 416 g/mol. The van der Waals surface area contributed by atoms with Gasteiger partial charge in [-0.2, -0.15) is 0 Å². The Labute approximate surface area is 172 Å². The molecule has 0 unspecified atom stereocenters. The molecular weight excluding hydrogens is 400 g/mol. The van der Waals surface area contributed by atoms with Crippen LogP contribution in [0.5, 0.6) is 11.5 Å². The Bertz CT molecular complexity index is 1020. The number of anilines is 1. The first kappa shape index (κ1) is 19.9. The highest BCUT2D eigenvalue weighted by Crippen LogP contribution is 2.30. The number of rotatable bonds is 4. The summed E-state index contributed by atoms with van der Waals surface area (Å²) in [7, 11) is 3.04. The standard InChI is InChI=1S/C20H17ClN2O4S/c1-11-4-6-13(10-15(11)21)23-19(25)14(18(24)22-20(23)28)8-12-5-7-16(26-2)17(9-12)27-3/h4-10H,1-3H3,(H,22,24,28)/b14-8+. The molecule has 8 heteroatoms. The van der Waals surface area contributed by atoms with Crippen LogP contribution in [0.25, 0.3) is 6.08 Å². The van der Waals surface area contributed by atoms with Gasteiger partial charge in [0.15, 0.2) is 16.6 Å². The zero-order valence-electron chi connectivity index (χ0n) is 15.4. The van der Waals surface area contributed by atoms with Crippen LogP contribution in [0.3, 0.4) is 0 Å². The first-order chi connectivity index (χ1) is 13.3. The molecule has 1 heterocycles. The number of thiocarbonyl (C=S) groups is 1. The zero-order chi connectivity index (χ0) is 20.4. The van der Waals surface area contributed by atoms with E-state index in [1.165, 1.54) is 25.2 Å². The van der Waals surface area contributed by atoms with Crippen molar-refractivity contribution in [1.82, 2.24) is 5.32 Å². The highest BCUT2D eigenvalue weighted by atomic mass is 35.5. The number of halogens is 1. The summed E-state index contributed by atoms with van der Waals surface area (Å²) in [5, 5.41) is 3.04. The molecule has 2 aromatic carbocycles. The van der Waals surface area contributed by atoms with Crippen molar-refractivity contribution in [2.24, 2.45) is 0 Å². The van der Waals surface area contributed by atoms with Crippen LogP contribution >= 0.6 is 23.8 Å². The number of carbonyl (C=O) groups is 2. The van der Waals surface area contributed by atoms with E-state index in [1.54, 1.807) is 36.4 Å². The molecule has 1 saturated heterocycles. The van der Waals surface area contributed by atoms with Crippen molar-refractivity contribution < 1.29 is 19.1 Å². The Morgan fingerprint density at radius 2 is 1.79 bits per heavy atom. The maximum Gasteiger partial charge on any atom is 0.270 e. The Morgan fingerprint density at radius 3 is 2.43 bits per heavy atom. The predicted octanol–water partition coefficient (Wildman–Crippen LogP) is 3.50. The number of hydrogen-bond acceptors (Lipinski definition) is 5. The van der Waals surface area contributed by atoms with Crippen molar-refractivity contribution in [3.8, 4) is 11.5 Å². The van der Waals surface area contributed by atoms with Gasteiger partial charge in [0.1, 0.15) is 5.57 Å². The minimum absolute atomic E-state index is 0.000573. The number of hydrogen-bond donors (Lipinski definition) is 1. The lowest BCUT2D eigenvalue weighted by molar-refractivity contribution is -0.122. The highest BCUT2D eigenvalue weighted by Gasteiger charge is 2.34. The lowest BCUT2D eigenvalue weighted by atomic mass is 10.1. The second-order valence-corrected chi connectivity index (χ2v) is 6.80. The van der Waals surface area contributed by atoms with E-state index in [9.17, 15) is 9.59 Å². The first-order valence-electron chi connectivity index (χ1n) is 8.25. The number of nitrogens with one attached hydrogen (secondary N) is 1. The predicted molar refractivity (Wildman–Crippen MR) is 112 cm³/mol. The van der Waals surface area contributed by atoms with Gasteiger partial charge < -0.3 is 9.47 Å². The third-order valence-electron chi connectivity index (χ3n) is 4.23. The molecule has 0 aliphatic carbocycles. The van der Waals surface area contributed by atoms with Crippen LogP contribution in [0, 0.1) is 6.92 Å². The molecule has 3 rings (SSSR count). The van der Waals surface area contributed by atoms with Crippen molar-refractivity contribution in [2.45, 2.75) is 6.92 Å². The minimum atomic E-state index is -0.570. The number of aryl methyl sites for hydroxylation is 1. The molecule has 144 valence electrons. The summed E-state index contributed by atoms with van der Waals surface area (Å²) < 4.78 is 10.5. The molecule has 0 spiro atoms. The third-order valence-corrected chi connectivity index (χ3v) is 4.93. The van der Waals surface area contributed by atoms with Crippen molar-refractivity contribution in [1.29, 1.82) is 0 Å². The molecule has 6 nitrogen and oxygen atoms in total. The summed E-state index contributed by atoms with van der Waals surface area (Å²) in [5.74, 6) is -0.0814. The van der Waals surface area contributed by atoms with Crippen LogP contribution < -0.4 is 19.7 Å². The lowest BCUT2D eigenvalue weighted by Gasteiger charge is -2.29. The molecule has 0 saturated carbocycles. The highest BCUT2D eigenvalue weighted by molar-refractivity contribution is 7.80. The van der Waals surface area contributed by atoms with Crippen LogP contribution in [-0.2, 0) is 9.59 Å². The summed E-state index contributed by atoms with van der Waals surface area (Å²) in [6.07, 6.45) is 1.48. The van der Waals surface area contributed by atoms with Gasteiger partial charge in [-0.05, 0) is 60.6 Å². The molecule has 0 atom stereocenters. The number of nitrogens with zero attached hydrogens (tertiary/aromatic N) is 1. The molecule has 1 fully saturated rings. The van der Waals surface area contributed by atoms with Crippen molar-refractivity contribution in [3.05, 3.63) is 58.1 Å². The smallest absolute Gasteiger partial charge is 0.270 e. The normalized spacial score (nSPS) is 15.6. The second-order valence-electron chi connectivity index (χ2n) is 6.01. The van der Waals surface area contributed by atoms with Gasteiger partial charge in [-0.25, -0.2) is 0 Å². The molecule has 1 aliphatic heterocycles. The van der Waals surface area contributed by atoms with Gasteiger partial charge in [-0.3, -0.25) is 19.8 Å². The summed E-state index contributed by atoms with van der Waals surface area (Å²) in [6.45, 7) is 1.85. The summed E-state index contributed by atoms with van der Waals surface area (Å²) >= 11 is 11.4. The van der Waals surface area contributed by atoms with Gasteiger partial charge >= 0.3 is 0 Å². The molecular formula is C20H17ClN2O4S. The van der Waals surface area contributed by atoms with Gasteiger partial charge in [0.25, 0.3) is 11.8 Å². The number of benzene rings is 2. The van der Waals surface area contributed by atoms with Crippen LogP contribution in [0.2, 0.25) is 5.02 Å². The van der Waals surface area contributed by atoms with Gasteiger partial charge in [0.2, 0.25) is 0 Å². The molecule has 1 N–H and O–H groups in total. The van der Waals surface area contributed by atoms with Gasteiger partial charge in [0.05, 0.1) is 19.9 Å². The molecule has 2 aromatic rings. The Hall–Kier alpha value is -2.90. The Kier molecular flexibility index (Phi) is 5.67. The SMILES string of the molecule is COc1ccc(/C=C2\C(=O)NC(=S)N(c3ccc(C)c(Cl)c3)C2=O)cc1OC. The lowest BCUT2D eigenvalue weighted by Crippen LogP contribution is -2.54.